The van der Waals surface area contributed by atoms with Crippen molar-refractivity contribution >= 4 is 11.5 Å². The number of hydrogen-bond acceptors (Lipinski definition) is 6. The zero-order valence-electron chi connectivity index (χ0n) is 11.5. The summed E-state index contributed by atoms with van der Waals surface area (Å²) in [5.74, 6) is 0.440. The maximum Gasteiger partial charge on any atom is 0.311 e. The fraction of sp³-hybridized carbons (Fsp3) is 0.615. The first-order valence-electron chi connectivity index (χ1n) is 6.71. The third-order valence-corrected chi connectivity index (χ3v) is 3.38. The number of nitrogens with zero attached hydrogens (tertiary/aromatic N) is 3. The summed E-state index contributed by atoms with van der Waals surface area (Å²) < 4.78 is 5.49. The summed E-state index contributed by atoms with van der Waals surface area (Å²) in [5.41, 5.74) is 0.814. The van der Waals surface area contributed by atoms with Gasteiger partial charge >= 0.3 is 5.69 Å². The summed E-state index contributed by atoms with van der Waals surface area (Å²) in [6.45, 7) is 3.53. The van der Waals surface area contributed by atoms with Gasteiger partial charge in [0.2, 0.25) is 5.82 Å². The number of aryl methyl sites for hydroxylation is 1. The largest absolute Gasteiger partial charge is 0.394 e. The van der Waals surface area contributed by atoms with Crippen LogP contribution in [-0.2, 0) is 4.74 Å². The quantitative estimate of drug-likeness (QED) is 0.646. The second kappa shape index (κ2) is 6.62. The molecule has 1 aliphatic rings. The third-order valence-electron chi connectivity index (χ3n) is 3.38. The van der Waals surface area contributed by atoms with E-state index in [0.29, 0.717) is 25.5 Å². The minimum atomic E-state index is -0.393. The number of piperidine rings is 1. The molecular formula is C13H19N3O4. The zero-order valence-corrected chi connectivity index (χ0v) is 11.5. The van der Waals surface area contributed by atoms with Gasteiger partial charge in [-0.3, -0.25) is 10.1 Å². The molecule has 0 spiro atoms. The molecule has 0 aromatic carbocycles. The van der Waals surface area contributed by atoms with Crippen LogP contribution in [0.2, 0.25) is 0 Å². The lowest BCUT2D eigenvalue weighted by Crippen LogP contribution is -2.38. The Morgan fingerprint density at radius 3 is 2.80 bits per heavy atom. The first-order chi connectivity index (χ1) is 9.61. The van der Waals surface area contributed by atoms with Gasteiger partial charge < -0.3 is 14.7 Å². The molecule has 1 saturated heterocycles. The second-order valence-corrected chi connectivity index (χ2v) is 4.83. The molecule has 1 fully saturated rings. The Kier molecular flexibility index (Phi) is 4.86. The molecule has 110 valence electrons. The molecule has 1 N–H and O–H groups in total. The van der Waals surface area contributed by atoms with E-state index in [-0.39, 0.29) is 18.4 Å². The minimum Gasteiger partial charge on any atom is -0.394 e. The number of hydrogen-bond donors (Lipinski definition) is 1. The first kappa shape index (κ1) is 14.7. The topological polar surface area (TPSA) is 88.7 Å². The average Bonchev–Trinajstić information content (AvgIpc) is 2.45. The van der Waals surface area contributed by atoms with Gasteiger partial charge in [-0.15, -0.1) is 0 Å². The number of pyridine rings is 1. The maximum atomic E-state index is 11.1. The van der Waals surface area contributed by atoms with Gasteiger partial charge in [0.1, 0.15) is 0 Å². The standard InChI is InChI=1S/C13H19N3O4/c1-10-2-3-12(16(18)19)13(14-10)15-6-4-11(5-7-15)20-9-8-17/h2-3,11,17H,4-9H2,1H3. The van der Waals surface area contributed by atoms with E-state index < -0.39 is 4.92 Å². The van der Waals surface area contributed by atoms with Crippen LogP contribution < -0.4 is 4.90 Å². The van der Waals surface area contributed by atoms with E-state index in [1.807, 2.05) is 11.8 Å². The summed E-state index contributed by atoms with van der Waals surface area (Å²) in [6.07, 6.45) is 1.68. The predicted octanol–water partition coefficient (Wildman–Crippen LogP) is 1.28. The monoisotopic (exact) mass is 281 g/mol. The Morgan fingerprint density at radius 2 is 2.20 bits per heavy atom. The molecule has 0 radical (unpaired) electrons. The molecule has 1 aromatic heterocycles. The molecule has 2 heterocycles. The molecule has 0 unspecified atom stereocenters. The highest BCUT2D eigenvalue weighted by atomic mass is 16.6. The number of ether oxygens (including phenoxy) is 1. The van der Waals surface area contributed by atoms with E-state index in [9.17, 15) is 10.1 Å². The van der Waals surface area contributed by atoms with Crippen molar-refractivity contribution in [3.8, 4) is 0 Å². The molecular weight excluding hydrogens is 262 g/mol. The summed E-state index contributed by atoms with van der Waals surface area (Å²) in [5, 5.41) is 19.8. The van der Waals surface area contributed by atoms with Crippen molar-refractivity contribution in [2.24, 2.45) is 0 Å². The number of aliphatic hydroxyl groups excluding tert-OH is 1. The van der Waals surface area contributed by atoms with Crippen LogP contribution in [0.5, 0.6) is 0 Å². The van der Waals surface area contributed by atoms with Crippen LogP contribution in [0.3, 0.4) is 0 Å². The molecule has 0 saturated carbocycles. The normalized spacial score (nSPS) is 16.4. The molecule has 0 bridgehead atoms. The molecule has 1 aliphatic heterocycles. The fourth-order valence-electron chi connectivity index (χ4n) is 2.36. The van der Waals surface area contributed by atoms with E-state index in [1.165, 1.54) is 6.07 Å². The molecule has 1 aromatic rings. The lowest BCUT2D eigenvalue weighted by Gasteiger charge is -2.32. The number of rotatable bonds is 5. The predicted molar refractivity (Wildman–Crippen MR) is 73.9 cm³/mol. The van der Waals surface area contributed by atoms with E-state index in [2.05, 4.69) is 4.98 Å². The van der Waals surface area contributed by atoms with Crippen LogP contribution in [0, 0.1) is 17.0 Å². The average molecular weight is 281 g/mol. The van der Waals surface area contributed by atoms with E-state index >= 15 is 0 Å². The minimum absolute atomic E-state index is 0.0190. The lowest BCUT2D eigenvalue weighted by molar-refractivity contribution is -0.384. The Labute approximate surface area is 117 Å². The van der Waals surface area contributed by atoms with Gasteiger partial charge in [0.15, 0.2) is 0 Å². The highest BCUT2D eigenvalue weighted by Gasteiger charge is 2.26. The van der Waals surface area contributed by atoms with Crippen LogP contribution in [0.25, 0.3) is 0 Å². The smallest absolute Gasteiger partial charge is 0.311 e. The Hall–Kier alpha value is -1.73. The summed E-state index contributed by atoms with van der Waals surface area (Å²) in [7, 11) is 0. The highest BCUT2D eigenvalue weighted by Crippen LogP contribution is 2.28. The van der Waals surface area contributed by atoms with Crippen molar-refractivity contribution in [1.82, 2.24) is 4.98 Å². The van der Waals surface area contributed by atoms with Gasteiger partial charge in [0.25, 0.3) is 0 Å². The van der Waals surface area contributed by atoms with Gasteiger partial charge in [0.05, 0.1) is 24.2 Å². The fourth-order valence-corrected chi connectivity index (χ4v) is 2.36. The van der Waals surface area contributed by atoms with Crippen LogP contribution >= 0.6 is 0 Å². The van der Waals surface area contributed by atoms with Gasteiger partial charge in [-0.2, -0.15) is 0 Å². The zero-order chi connectivity index (χ0) is 14.5. The van der Waals surface area contributed by atoms with Gasteiger partial charge in [-0.05, 0) is 25.8 Å². The summed E-state index contributed by atoms with van der Waals surface area (Å²) in [6, 6.07) is 3.16. The Balaban J connectivity index is 2.06. The molecule has 0 atom stereocenters. The van der Waals surface area contributed by atoms with Crippen molar-refractivity contribution in [3.05, 3.63) is 27.9 Å². The van der Waals surface area contributed by atoms with Crippen molar-refractivity contribution < 1.29 is 14.8 Å². The van der Waals surface area contributed by atoms with Crippen molar-refractivity contribution in [3.63, 3.8) is 0 Å². The molecule has 2 rings (SSSR count). The van der Waals surface area contributed by atoms with E-state index in [0.717, 1.165) is 18.5 Å². The molecule has 0 amide bonds. The highest BCUT2D eigenvalue weighted by molar-refractivity contribution is 5.58. The first-order valence-corrected chi connectivity index (χ1v) is 6.71. The van der Waals surface area contributed by atoms with Crippen LogP contribution in [0.15, 0.2) is 12.1 Å². The molecule has 20 heavy (non-hydrogen) atoms. The number of aromatic nitrogens is 1. The molecule has 7 heteroatoms. The van der Waals surface area contributed by atoms with E-state index in [4.69, 9.17) is 9.84 Å². The molecule has 0 aliphatic carbocycles. The SMILES string of the molecule is Cc1ccc([N+](=O)[O-])c(N2CCC(OCCO)CC2)n1. The van der Waals surface area contributed by atoms with Gasteiger partial charge in [0, 0.05) is 24.8 Å². The number of anilines is 1. The summed E-state index contributed by atoms with van der Waals surface area (Å²) >= 11 is 0. The Morgan fingerprint density at radius 1 is 1.50 bits per heavy atom. The number of nitro groups is 1. The van der Waals surface area contributed by atoms with Crippen LogP contribution in [0.1, 0.15) is 18.5 Å². The Bertz CT molecular complexity index is 473. The van der Waals surface area contributed by atoms with Gasteiger partial charge in [-0.25, -0.2) is 4.98 Å². The van der Waals surface area contributed by atoms with Crippen molar-refractivity contribution in [2.45, 2.75) is 25.9 Å². The molecule has 7 nitrogen and oxygen atoms in total. The van der Waals surface area contributed by atoms with Crippen molar-refractivity contribution in [2.75, 3.05) is 31.2 Å². The number of aliphatic hydroxyl groups is 1. The van der Waals surface area contributed by atoms with Gasteiger partial charge in [-0.1, -0.05) is 0 Å². The second-order valence-electron chi connectivity index (χ2n) is 4.83. The van der Waals surface area contributed by atoms with Crippen molar-refractivity contribution in [1.29, 1.82) is 0 Å². The van der Waals surface area contributed by atoms with Crippen LogP contribution in [0.4, 0.5) is 11.5 Å². The summed E-state index contributed by atoms with van der Waals surface area (Å²) in [4.78, 5) is 16.9. The third kappa shape index (κ3) is 3.43. The van der Waals surface area contributed by atoms with E-state index in [1.54, 1.807) is 6.07 Å². The van der Waals surface area contributed by atoms with Crippen LogP contribution in [-0.4, -0.2) is 47.4 Å². The lowest BCUT2D eigenvalue weighted by atomic mass is 10.1. The maximum absolute atomic E-state index is 11.1.